The number of ether oxygens (including phenoxy) is 2. The number of esters is 2. The van der Waals surface area contributed by atoms with Crippen molar-refractivity contribution in [3.05, 3.63) is 54.6 Å². The van der Waals surface area contributed by atoms with Gasteiger partial charge in [-0.2, -0.15) is 0 Å². The summed E-state index contributed by atoms with van der Waals surface area (Å²) in [4.78, 5) is 25.0. The van der Waals surface area contributed by atoms with E-state index < -0.39 is 17.4 Å². The summed E-state index contributed by atoms with van der Waals surface area (Å²) in [6.45, 7) is 8.12. The van der Waals surface area contributed by atoms with Gasteiger partial charge in [0.05, 0.1) is 13.2 Å². The van der Waals surface area contributed by atoms with E-state index in [2.05, 4.69) is 6.58 Å². The van der Waals surface area contributed by atoms with Gasteiger partial charge in [-0.05, 0) is 42.2 Å². The van der Waals surface area contributed by atoms with Crippen LogP contribution >= 0.6 is 0 Å². The minimum atomic E-state index is -1.25. The highest BCUT2D eigenvalue weighted by molar-refractivity contribution is 6.08. The highest BCUT2D eigenvalue weighted by Gasteiger charge is 2.69. The maximum absolute atomic E-state index is 12.5. The summed E-state index contributed by atoms with van der Waals surface area (Å²) >= 11 is 0. The van der Waals surface area contributed by atoms with Crippen molar-refractivity contribution >= 4 is 28.3 Å². The molecule has 3 rings (SSSR count). The second kappa shape index (κ2) is 6.71. The standard InChI is InChI=1S/C21H22O4/c1-4-24-19(22)21(20(23)25-5-2)13-18(21)14(3)16-12-8-10-15-9-6-7-11-17(15)16/h6-12,18H,3-5,13H2,1-2H3. The molecule has 0 heterocycles. The van der Waals surface area contributed by atoms with Crippen LogP contribution in [-0.4, -0.2) is 25.2 Å². The van der Waals surface area contributed by atoms with Crippen LogP contribution in [0.25, 0.3) is 16.3 Å². The molecule has 1 fully saturated rings. The number of benzene rings is 2. The topological polar surface area (TPSA) is 52.6 Å². The summed E-state index contributed by atoms with van der Waals surface area (Å²) in [5.74, 6) is -1.32. The molecule has 0 bridgehead atoms. The van der Waals surface area contributed by atoms with Gasteiger partial charge in [0, 0.05) is 5.92 Å². The van der Waals surface area contributed by atoms with E-state index in [9.17, 15) is 9.59 Å². The molecule has 2 aromatic carbocycles. The van der Waals surface area contributed by atoms with Gasteiger partial charge in [-0.25, -0.2) is 0 Å². The Bertz CT molecular complexity index is 813. The molecule has 1 atom stereocenters. The van der Waals surface area contributed by atoms with Gasteiger partial charge < -0.3 is 9.47 Å². The smallest absolute Gasteiger partial charge is 0.324 e. The molecule has 25 heavy (non-hydrogen) atoms. The van der Waals surface area contributed by atoms with Crippen LogP contribution in [-0.2, 0) is 19.1 Å². The van der Waals surface area contributed by atoms with E-state index in [1.807, 2.05) is 42.5 Å². The van der Waals surface area contributed by atoms with Crippen molar-refractivity contribution in [2.24, 2.45) is 11.3 Å². The quantitative estimate of drug-likeness (QED) is 0.590. The van der Waals surface area contributed by atoms with Crippen LogP contribution in [0.5, 0.6) is 0 Å². The van der Waals surface area contributed by atoms with E-state index in [0.29, 0.717) is 6.42 Å². The lowest BCUT2D eigenvalue weighted by Gasteiger charge is -2.16. The lowest BCUT2D eigenvalue weighted by molar-refractivity contribution is -0.164. The fourth-order valence-corrected chi connectivity index (χ4v) is 3.43. The summed E-state index contributed by atoms with van der Waals surface area (Å²) in [5, 5.41) is 2.16. The Morgan fingerprint density at radius 1 is 1.04 bits per heavy atom. The minimum absolute atomic E-state index is 0.230. The van der Waals surface area contributed by atoms with E-state index >= 15 is 0 Å². The lowest BCUT2D eigenvalue weighted by Crippen LogP contribution is -2.32. The van der Waals surface area contributed by atoms with Gasteiger partial charge in [-0.3, -0.25) is 9.59 Å². The van der Waals surface area contributed by atoms with Crippen LogP contribution in [0.3, 0.4) is 0 Å². The third kappa shape index (κ3) is 2.82. The number of fused-ring (bicyclic) bond motifs is 1. The van der Waals surface area contributed by atoms with Crippen LogP contribution in [0.2, 0.25) is 0 Å². The Kier molecular flexibility index (Phi) is 4.62. The van der Waals surface area contributed by atoms with Gasteiger partial charge in [-0.15, -0.1) is 0 Å². The number of hydrogen-bond acceptors (Lipinski definition) is 4. The molecule has 4 heteroatoms. The third-order valence-electron chi connectivity index (χ3n) is 4.80. The van der Waals surface area contributed by atoms with Crippen molar-refractivity contribution in [3.63, 3.8) is 0 Å². The summed E-state index contributed by atoms with van der Waals surface area (Å²) in [6.07, 6.45) is 0.382. The van der Waals surface area contributed by atoms with Gasteiger partial charge in [0.1, 0.15) is 0 Å². The molecule has 2 aromatic rings. The maximum Gasteiger partial charge on any atom is 0.324 e. The van der Waals surface area contributed by atoms with Gasteiger partial charge in [0.2, 0.25) is 0 Å². The molecule has 0 aliphatic heterocycles. The molecular weight excluding hydrogens is 316 g/mol. The van der Waals surface area contributed by atoms with E-state index in [1.165, 1.54) is 0 Å². The zero-order valence-electron chi connectivity index (χ0n) is 14.6. The number of carbonyl (C=O) groups excluding carboxylic acids is 2. The van der Waals surface area contributed by atoms with Gasteiger partial charge in [0.25, 0.3) is 0 Å². The zero-order chi connectivity index (χ0) is 18.0. The number of allylic oxidation sites excluding steroid dienone is 1. The molecule has 1 saturated carbocycles. The molecule has 0 saturated heterocycles. The summed E-state index contributed by atoms with van der Waals surface area (Å²) in [6, 6.07) is 14.0. The zero-order valence-corrected chi connectivity index (χ0v) is 14.6. The van der Waals surface area contributed by atoms with Gasteiger partial charge in [0.15, 0.2) is 5.41 Å². The van der Waals surface area contributed by atoms with E-state index in [1.54, 1.807) is 13.8 Å². The number of carbonyl (C=O) groups is 2. The van der Waals surface area contributed by atoms with Crippen LogP contribution in [0.4, 0.5) is 0 Å². The highest BCUT2D eigenvalue weighted by atomic mass is 16.6. The second-order valence-electron chi connectivity index (χ2n) is 6.22. The first-order chi connectivity index (χ1) is 12.1. The highest BCUT2D eigenvalue weighted by Crippen LogP contribution is 2.60. The van der Waals surface area contributed by atoms with Gasteiger partial charge in [-0.1, -0.05) is 49.0 Å². The predicted molar refractivity (Wildman–Crippen MR) is 96.8 cm³/mol. The first kappa shape index (κ1) is 17.2. The molecule has 130 valence electrons. The summed E-state index contributed by atoms with van der Waals surface area (Å²) < 4.78 is 10.3. The summed E-state index contributed by atoms with van der Waals surface area (Å²) in [7, 11) is 0. The Hall–Kier alpha value is -2.62. The molecule has 0 spiro atoms. The molecule has 0 aromatic heterocycles. The molecule has 1 aliphatic rings. The lowest BCUT2D eigenvalue weighted by atomic mass is 9.92. The average Bonchev–Trinajstić information content (AvgIpc) is 3.38. The molecular formula is C21H22O4. The number of hydrogen-bond donors (Lipinski definition) is 0. The molecule has 1 aliphatic carbocycles. The molecule has 4 nitrogen and oxygen atoms in total. The summed E-state index contributed by atoms with van der Waals surface area (Å²) in [5.41, 5.74) is 0.483. The maximum atomic E-state index is 12.5. The van der Waals surface area contributed by atoms with Crippen LogP contribution < -0.4 is 0 Å². The van der Waals surface area contributed by atoms with Crippen molar-refractivity contribution in [3.8, 4) is 0 Å². The predicted octanol–water partition coefficient (Wildman–Crippen LogP) is 3.99. The monoisotopic (exact) mass is 338 g/mol. The SMILES string of the molecule is C=C(c1cccc2ccccc12)C1CC1(C(=O)OCC)C(=O)OCC. The van der Waals surface area contributed by atoms with Crippen molar-refractivity contribution in [2.75, 3.05) is 13.2 Å². The molecule has 0 amide bonds. The van der Waals surface area contributed by atoms with Crippen molar-refractivity contribution in [1.29, 1.82) is 0 Å². The fraction of sp³-hybridized carbons (Fsp3) is 0.333. The van der Waals surface area contributed by atoms with E-state index in [-0.39, 0.29) is 19.1 Å². The molecule has 0 N–H and O–H groups in total. The first-order valence-electron chi connectivity index (χ1n) is 8.57. The van der Waals surface area contributed by atoms with Crippen molar-refractivity contribution in [2.45, 2.75) is 20.3 Å². The number of rotatable bonds is 6. The van der Waals surface area contributed by atoms with Crippen LogP contribution in [0, 0.1) is 11.3 Å². The Labute approximate surface area is 147 Å². The Morgan fingerprint density at radius 2 is 1.64 bits per heavy atom. The third-order valence-corrected chi connectivity index (χ3v) is 4.80. The van der Waals surface area contributed by atoms with Crippen LogP contribution in [0.15, 0.2) is 49.0 Å². The average molecular weight is 338 g/mol. The largest absolute Gasteiger partial charge is 0.465 e. The Balaban J connectivity index is 1.96. The molecule has 1 unspecified atom stereocenters. The van der Waals surface area contributed by atoms with Crippen LogP contribution in [0.1, 0.15) is 25.8 Å². The van der Waals surface area contributed by atoms with Gasteiger partial charge >= 0.3 is 11.9 Å². The fourth-order valence-electron chi connectivity index (χ4n) is 3.43. The van der Waals surface area contributed by atoms with E-state index in [0.717, 1.165) is 21.9 Å². The van der Waals surface area contributed by atoms with E-state index in [4.69, 9.17) is 9.47 Å². The first-order valence-corrected chi connectivity index (χ1v) is 8.57. The molecule has 0 radical (unpaired) electrons. The minimum Gasteiger partial charge on any atom is -0.465 e. The normalized spacial score (nSPS) is 17.8. The van der Waals surface area contributed by atoms with Crippen molar-refractivity contribution in [1.82, 2.24) is 0 Å². The Morgan fingerprint density at radius 3 is 2.28 bits per heavy atom. The second-order valence-corrected chi connectivity index (χ2v) is 6.22. The van der Waals surface area contributed by atoms with Crippen molar-refractivity contribution < 1.29 is 19.1 Å².